The van der Waals surface area contributed by atoms with Crippen molar-refractivity contribution in [3.8, 4) is 0 Å². The zero-order valence-corrected chi connectivity index (χ0v) is 6.55. The van der Waals surface area contributed by atoms with Gasteiger partial charge >= 0.3 is 5.97 Å². The number of halogens is 1. The molecule has 0 fully saturated rings. The molecule has 0 aliphatic carbocycles. The van der Waals surface area contributed by atoms with Crippen LogP contribution in [0.5, 0.6) is 0 Å². The van der Waals surface area contributed by atoms with E-state index in [0.717, 1.165) is 0 Å². The van der Waals surface area contributed by atoms with Crippen LogP contribution in [0.15, 0.2) is 0 Å². The second-order valence-electron chi connectivity index (χ2n) is 2.56. The number of hydrogen-bond acceptors (Lipinski definition) is 2. The molecule has 1 atom stereocenters. The lowest BCUT2D eigenvalue weighted by atomic mass is 9.90. The molecule has 1 unspecified atom stereocenters. The summed E-state index contributed by atoms with van der Waals surface area (Å²) in [7, 11) is 0. The molecule has 1 N–H and O–H groups in total. The summed E-state index contributed by atoms with van der Waals surface area (Å²) in [5.41, 5.74) is -1.18. The van der Waals surface area contributed by atoms with E-state index >= 15 is 0 Å². The molecular weight excluding hydrogens is 156 g/mol. The van der Waals surface area contributed by atoms with Crippen molar-refractivity contribution in [1.82, 2.24) is 0 Å². The summed E-state index contributed by atoms with van der Waals surface area (Å²) in [5.74, 6) is -1.07. The molecule has 0 aromatic rings. The van der Waals surface area contributed by atoms with Crippen molar-refractivity contribution in [2.24, 2.45) is 5.41 Å². The first-order valence-electron chi connectivity index (χ1n) is 2.75. The van der Waals surface area contributed by atoms with Crippen molar-refractivity contribution >= 4 is 23.9 Å². The molecule has 0 amide bonds. The molecule has 0 rings (SSSR count). The molecule has 0 spiro atoms. The largest absolute Gasteiger partial charge is 0.481 e. The van der Waals surface area contributed by atoms with Gasteiger partial charge in [0.2, 0.25) is 0 Å². The molecule has 0 bridgehead atoms. The van der Waals surface area contributed by atoms with Gasteiger partial charge in [0.15, 0.2) is 0 Å². The highest BCUT2D eigenvalue weighted by molar-refractivity contribution is 6.29. The molecule has 10 heavy (non-hydrogen) atoms. The number of carboxylic acid groups (broad SMARTS) is 1. The van der Waals surface area contributed by atoms with Crippen molar-refractivity contribution in [3.05, 3.63) is 0 Å². The summed E-state index contributed by atoms with van der Waals surface area (Å²) in [6, 6.07) is 0. The molecule has 3 nitrogen and oxygen atoms in total. The second kappa shape index (κ2) is 3.01. The van der Waals surface area contributed by atoms with Gasteiger partial charge in [-0.1, -0.05) is 0 Å². The number of aliphatic carboxylic acids is 1. The Morgan fingerprint density at radius 2 is 2.10 bits per heavy atom. The third kappa shape index (κ3) is 1.70. The van der Waals surface area contributed by atoms with E-state index in [0.29, 0.717) is 6.29 Å². The topological polar surface area (TPSA) is 54.4 Å². The van der Waals surface area contributed by atoms with Crippen LogP contribution in [0.4, 0.5) is 0 Å². The van der Waals surface area contributed by atoms with Crippen LogP contribution in [0.3, 0.4) is 0 Å². The van der Waals surface area contributed by atoms with E-state index < -0.39 is 16.8 Å². The Morgan fingerprint density at radius 3 is 2.20 bits per heavy atom. The van der Waals surface area contributed by atoms with Crippen LogP contribution in [-0.4, -0.2) is 22.7 Å². The number of hydrogen-bond donors (Lipinski definition) is 1. The molecular formula is C6H9ClO3. The normalized spacial score (nSPS) is 14.3. The van der Waals surface area contributed by atoms with Gasteiger partial charge in [0.1, 0.15) is 11.7 Å². The molecule has 0 aromatic heterocycles. The molecule has 0 saturated heterocycles. The molecule has 0 aliphatic rings. The number of alkyl halides is 1. The van der Waals surface area contributed by atoms with Crippen LogP contribution in [-0.2, 0) is 9.59 Å². The van der Waals surface area contributed by atoms with Crippen LogP contribution >= 0.6 is 11.6 Å². The minimum Gasteiger partial charge on any atom is -0.481 e. The lowest BCUT2D eigenvalue weighted by Crippen LogP contribution is -2.34. The minimum absolute atomic E-state index is 0.426. The maximum Gasteiger partial charge on any atom is 0.311 e. The average molecular weight is 165 g/mol. The predicted molar refractivity (Wildman–Crippen MR) is 37.1 cm³/mol. The van der Waals surface area contributed by atoms with Crippen LogP contribution in [0.25, 0.3) is 0 Å². The fourth-order valence-corrected chi connectivity index (χ4v) is 0.381. The van der Waals surface area contributed by atoms with Crippen LogP contribution in [0.2, 0.25) is 0 Å². The van der Waals surface area contributed by atoms with Crippen molar-refractivity contribution in [3.63, 3.8) is 0 Å². The van der Waals surface area contributed by atoms with Gasteiger partial charge in [-0.05, 0) is 13.8 Å². The van der Waals surface area contributed by atoms with Gasteiger partial charge in [0, 0.05) is 0 Å². The maximum atomic E-state index is 10.4. The van der Waals surface area contributed by atoms with E-state index in [1.165, 1.54) is 13.8 Å². The third-order valence-electron chi connectivity index (χ3n) is 1.36. The van der Waals surface area contributed by atoms with E-state index in [4.69, 9.17) is 16.7 Å². The Kier molecular flexibility index (Phi) is 2.84. The van der Waals surface area contributed by atoms with E-state index in [1.54, 1.807) is 0 Å². The molecule has 0 saturated carbocycles. The molecule has 0 aromatic carbocycles. The molecule has 0 radical (unpaired) electrons. The van der Waals surface area contributed by atoms with Crippen molar-refractivity contribution in [2.75, 3.05) is 0 Å². The van der Waals surface area contributed by atoms with Crippen molar-refractivity contribution < 1.29 is 14.7 Å². The molecule has 58 valence electrons. The quantitative estimate of drug-likeness (QED) is 0.498. The van der Waals surface area contributed by atoms with Crippen LogP contribution in [0, 0.1) is 5.41 Å². The Hall–Kier alpha value is -0.570. The number of rotatable bonds is 3. The van der Waals surface area contributed by atoms with Crippen LogP contribution < -0.4 is 0 Å². The van der Waals surface area contributed by atoms with E-state index in [-0.39, 0.29) is 0 Å². The Labute approximate surface area is 64.0 Å². The highest BCUT2D eigenvalue weighted by Crippen LogP contribution is 2.23. The number of carboxylic acids is 1. The third-order valence-corrected chi connectivity index (χ3v) is 2.01. The first kappa shape index (κ1) is 9.43. The molecule has 0 aliphatic heterocycles. The number of aldehydes is 1. The van der Waals surface area contributed by atoms with Gasteiger partial charge in [-0.2, -0.15) is 0 Å². The minimum atomic E-state index is -1.18. The van der Waals surface area contributed by atoms with Gasteiger partial charge in [-0.25, -0.2) is 0 Å². The summed E-state index contributed by atoms with van der Waals surface area (Å²) in [6.07, 6.45) is 0.426. The summed E-state index contributed by atoms with van der Waals surface area (Å²) in [5, 5.41) is 7.53. The average Bonchev–Trinajstić information content (AvgIpc) is 1.86. The second-order valence-corrected chi connectivity index (χ2v) is 3.03. The summed E-state index contributed by atoms with van der Waals surface area (Å²) in [4.78, 5) is 20.4. The molecule has 0 heterocycles. The van der Waals surface area contributed by atoms with Crippen LogP contribution in [0.1, 0.15) is 13.8 Å². The maximum absolute atomic E-state index is 10.4. The fraction of sp³-hybridized carbons (Fsp3) is 0.667. The number of carbonyl (C=O) groups is 2. The van der Waals surface area contributed by atoms with Gasteiger partial charge in [0.05, 0.1) is 5.41 Å². The Balaban J connectivity index is 4.38. The zero-order chi connectivity index (χ0) is 8.36. The monoisotopic (exact) mass is 164 g/mol. The highest BCUT2D eigenvalue weighted by atomic mass is 35.5. The Morgan fingerprint density at radius 1 is 1.70 bits per heavy atom. The Bertz CT molecular complexity index is 153. The lowest BCUT2D eigenvalue weighted by molar-refractivity contribution is -0.147. The fourth-order valence-electron chi connectivity index (χ4n) is 0.288. The van der Waals surface area contributed by atoms with E-state index in [1.807, 2.05) is 0 Å². The number of carbonyl (C=O) groups excluding carboxylic acids is 1. The molecule has 4 heteroatoms. The summed E-state index contributed by atoms with van der Waals surface area (Å²) >= 11 is 5.40. The van der Waals surface area contributed by atoms with Gasteiger partial charge < -0.3 is 9.90 Å². The first-order chi connectivity index (χ1) is 4.42. The first-order valence-corrected chi connectivity index (χ1v) is 3.19. The SMILES string of the molecule is CC(C)(C(=O)O)C(Cl)C=O. The van der Waals surface area contributed by atoms with Gasteiger partial charge in [0.25, 0.3) is 0 Å². The standard InChI is InChI=1S/C6H9ClO3/c1-6(2,5(9)10)4(7)3-8/h3-4H,1-2H3,(H,9,10). The van der Waals surface area contributed by atoms with Crippen molar-refractivity contribution in [2.45, 2.75) is 19.2 Å². The van der Waals surface area contributed by atoms with E-state index in [9.17, 15) is 9.59 Å². The van der Waals surface area contributed by atoms with Crippen molar-refractivity contribution in [1.29, 1.82) is 0 Å². The zero-order valence-electron chi connectivity index (χ0n) is 5.80. The summed E-state index contributed by atoms with van der Waals surface area (Å²) < 4.78 is 0. The predicted octanol–water partition coefficient (Wildman–Crippen LogP) is 0.903. The van der Waals surface area contributed by atoms with E-state index in [2.05, 4.69) is 0 Å². The lowest BCUT2D eigenvalue weighted by Gasteiger charge is -2.19. The summed E-state index contributed by atoms with van der Waals surface area (Å²) in [6.45, 7) is 2.81. The smallest absolute Gasteiger partial charge is 0.311 e. The van der Waals surface area contributed by atoms with Gasteiger partial charge in [-0.15, -0.1) is 11.6 Å². The highest BCUT2D eigenvalue weighted by Gasteiger charge is 2.35. The van der Waals surface area contributed by atoms with Gasteiger partial charge in [-0.3, -0.25) is 4.79 Å².